The second kappa shape index (κ2) is 6.39. The molecule has 1 aromatic heterocycles. The van der Waals surface area contributed by atoms with Gasteiger partial charge in [0.25, 0.3) is 0 Å². The van der Waals surface area contributed by atoms with Crippen molar-refractivity contribution in [2.24, 2.45) is 0 Å². The molecule has 0 fully saturated rings. The van der Waals surface area contributed by atoms with Crippen molar-refractivity contribution in [2.75, 3.05) is 30.8 Å². The number of aryl methyl sites for hydroxylation is 1. The zero-order chi connectivity index (χ0) is 14.5. The fourth-order valence-electron chi connectivity index (χ4n) is 2.03. The van der Waals surface area contributed by atoms with Gasteiger partial charge in [-0.1, -0.05) is 12.2 Å². The number of pyridine rings is 1. The molecule has 0 aliphatic rings. The van der Waals surface area contributed by atoms with Crippen LogP contribution in [0.3, 0.4) is 0 Å². The molecule has 0 saturated heterocycles. The Morgan fingerprint density at radius 2 is 2.20 bits per heavy atom. The molecule has 0 atom stereocenters. The monoisotopic (exact) mass is 271 g/mol. The molecule has 1 heterocycles. The third-order valence-corrected chi connectivity index (χ3v) is 2.87. The lowest BCUT2D eigenvalue weighted by atomic mass is 10.1. The lowest BCUT2D eigenvalue weighted by molar-refractivity contribution is 0.167. The van der Waals surface area contributed by atoms with Crippen LogP contribution in [-0.2, 0) is 4.74 Å². The van der Waals surface area contributed by atoms with E-state index in [1.54, 1.807) is 0 Å². The maximum absolute atomic E-state index is 5.85. The summed E-state index contributed by atoms with van der Waals surface area (Å²) in [6, 6.07) is 7.79. The first-order valence-electron chi connectivity index (χ1n) is 6.69. The number of nitrogen functional groups attached to an aromatic ring is 1. The van der Waals surface area contributed by atoms with Gasteiger partial charge in [0.1, 0.15) is 0 Å². The van der Waals surface area contributed by atoms with Crippen LogP contribution >= 0.6 is 0 Å². The highest BCUT2D eigenvalue weighted by atomic mass is 16.5. The predicted octanol–water partition coefficient (Wildman–Crippen LogP) is 3.13. The topological polar surface area (TPSA) is 60.2 Å². The van der Waals surface area contributed by atoms with Crippen molar-refractivity contribution in [2.45, 2.75) is 13.8 Å². The average Bonchev–Trinajstić information content (AvgIpc) is 2.38. The molecule has 0 spiro atoms. The molecule has 0 amide bonds. The van der Waals surface area contributed by atoms with E-state index in [9.17, 15) is 0 Å². The van der Waals surface area contributed by atoms with Crippen LogP contribution in [0.4, 0.5) is 11.4 Å². The van der Waals surface area contributed by atoms with E-state index in [0.29, 0.717) is 13.2 Å². The number of fused-ring (bicyclic) bond motifs is 1. The molecule has 106 valence electrons. The smallest absolute Gasteiger partial charge is 0.0727 e. The number of aromatic nitrogens is 1. The first kappa shape index (κ1) is 14.3. The molecule has 0 radical (unpaired) electrons. The molecule has 0 aliphatic carbocycles. The molecule has 2 aromatic rings. The minimum absolute atomic E-state index is 0.602. The maximum Gasteiger partial charge on any atom is 0.0727 e. The van der Waals surface area contributed by atoms with Gasteiger partial charge in [-0.15, -0.1) is 0 Å². The number of nitrogens with one attached hydrogen (secondary N) is 1. The van der Waals surface area contributed by atoms with E-state index in [1.807, 2.05) is 38.1 Å². The first-order chi connectivity index (χ1) is 9.56. The van der Waals surface area contributed by atoms with Crippen LogP contribution in [0, 0.1) is 6.92 Å². The van der Waals surface area contributed by atoms with Crippen molar-refractivity contribution in [3.63, 3.8) is 0 Å². The van der Waals surface area contributed by atoms with Crippen LogP contribution in [0.25, 0.3) is 10.9 Å². The molecule has 0 aliphatic heterocycles. The van der Waals surface area contributed by atoms with Crippen LogP contribution in [-0.4, -0.2) is 24.7 Å². The van der Waals surface area contributed by atoms with Crippen molar-refractivity contribution < 1.29 is 4.74 Å². The number of anilines is 2. The molecule has 0 saturated carbocycles. The molecule has 4 nitrogen and oxygen atoms in total. The Kier molecular flexibility index (Phi) is 4.58. The van der Waals surface area contributed by atoms with Gasteiger partial charge in [0.15, 0.2) is 0 Å². The predicted molar refractivity (Wildman–Crippen MR) is 85.0 cm³/mol. The fourth-order valence-corrected chi connectivity index (χ4v) is 2.03. The van der Waals surface area contributed by atoms with Gasteiger partial charge in [0, 0.05) is 29.0 Å². The van der Waals surface area contributed by atoms with Crippen molar-refractivity contribution >= 4 is 22.3 Å². The summed E-state index contributed by atoms with van der Waals surface area (Å²) >= 11 is 0. The van der Waals surface area contributed by atoms with E-state index < -0.39 is 0 Å². The minimum atomic E-state index is 0.602. The number of hydrogen-bond acceptors (Lipinski definition) is 4. The average molecular weight is 271 g/mol. The van der Waals surface area contributed by atoms with Crippen LogP contribution in [0.15, 0.2) is 36.4 Å². The van der Waals surface area contributed by atoms with Gasteiger partial charge in [0.2, 0.25) is 0 Å². The maximum atomic E-state index is 5.85. The van der Waals surface area contributed by atoms with Gasteiger partial charge in [-0.25, -0.2) is 0 Å². The van der Waals surface area contributed by atoms with Crippen LogP contribution in [0.5, 0.6) is 0 Å². The van der Waals surface area contributed by atoms with E-state index in [4.69, 9.17) is 10.5 Å². The summed E-state index contributed by atoms with van der Waals surface area (Å²) in [5.41, 5.74) is 10.6. The van der Waals surface area contributed by atoms with Crippen molar-refractivity contribution in [3.8, 4) is 0 Å². The molecule has 0 bridgehead atoms. The number of rotatable bonds is 6. The summed E-state index contributed by atoms with van der Waals surface area (Å²) in [4.78, 5) is 4.51. The highest BCUT2D eigenvalue weighted by molar-refractivity contribution is 5.93. The zero-order valence-electron chi connectivity index (χ0n) is 12.1. The van der Waals surface area contributed by atoms with Gasteiger partial charge in [-0.2, -0.15) is 0 Å². The zero-order valence-corrected chi connectivity index (χ0v) is 12.1. The molecule has 4 heteroatoms. The Hall–Kier alpha value is -2.07. The summed E-state index contributed by atoms with van der Waals surface area (Å²) in [6.45, 7) is 9.72. The largest absolute Gasteiger partial charge is 0.399 e. The summed E-state index contributed by atoms with van der Waals surface area (Å²) in [5.74, 6) is 0. The second-order valence-electron chi connectivity index (χ2n) is 5.02. The van der Waals surface area contributed by atoms with Crippen molar-refractivity contribution in [1.29, 1.82) is 0 Å². The quantitative estimate of drug-likeness (QED) is 0.481. The van der Waals surface area contributed by atoms with E-state index in [-0.39, 0.29) is 0 Å². The first-order valence-corrected chi connectivity index (χ1v) is 6.69. The Balaban J connectivity index is 2.08. The number of ether oxygens (including phenoxy) is 1. The van der Waals surface area contributed by atoms with Crippen LogP contribution in [0.2, 0.25) is 0 Å². The van der Waals surface area contributed by atoms with Crippen molar-refractivity contribution in [1.82, 2.24) is 4.98 Å². The van der Waals surface area contributed by atoms with Crippen LogP contribution in [0.1, 0.15) is 12.6 Å². The van der Waals surface area contributed by atoms with Crippen LogP contribution < -0.4 is 11.1 Å². The van der Waals surface area contributed by atoms with Crippen molar-refractivity contribution in [3.05, 3.63) is 42.1 Å². The highest BCUT2D eigenvalue weighted by Gasteiger charge is 2.04. The Morgan fingerprint density at radius 1 is 1.40 bits per heavy atom. The molecule has 1 aromatic carbocycles. The second-order valence-corrected chi connectivity index (χ2v) is 5.02. The molecule has 20 heavy (non-hydrogen) atoms. The molecular formula is C16H21N3O. The summed E-state index contributed by atoms with van der Waals surface area (Å²) < 4.78 is 5.48. The van der Waals surface area contributed by atoms with E-state index in [2.05, 4.69) is 16.9 Å². The minimum Gasteiger partial charge on any atom is -0.399 e. The third kappa shape index (κ3) is 3.71. The van der Waals surface area contributed by atoms with E-state index >= 15 is 0 Å². The number of hydrogen-bond donors (Lipinski definition) is 2. The Bertz CT molecular complexity index is 622. The summed E-state index contributed by atoms with van der Waals surface area (Å²) in [7, 11) is 0. The summed E-state index contributed by atoms with van der Waals surface area (Å²) in [5, 5.41) is 4.42. The lowest BCUT2D eigenvalue weighted by Crippen LogP contribution is -2.11. The molecule has 3 N–H and O–H groups in total. The van der Waals surface area contributed by atoms with Gasteiger partial charge >= 0.3 is 0 Å². The van der Waals surface area contributed by atoms with Gasteiger partial charge in [-0.05, 0) is 38.1 Å². The number of nitrogens with zero attached hydrogens (tertiary/aromatic N) is 1. The number of nitrogens with two attached hydrogens (primary N) is 1. The normalized spacial score (nSPS) is 10.7. The highest BCUT2D eigenvalue weighted by Crippen LogP contribution is 2.25. The third-order valence-electron chi connectivity index (χ3n) is 2.87. The molecule has 2 rings (SSSR count). The van der Waals surface area contributed by atoms with E-state index in [0.717, 1.165) is 40.1 Å². The Morgan fingerprint density at radius 3 is 2.95 bits per heavy atom. The number of benzene rings is 1. The van der Waals surface area contributed by atoms with Gasteiger partial charge < -0.3 is 15.8 Å². The lowest BCUT2D eigenvalue weighted by Gasteiger charge is -2.11. The standard InChI is InChI=1S/C16H21N3O/c1-11(2)10-20-7-6-18-16-8-12(3)19-15-5-4-13(17)9-14(15)16/h4-5,8-9H,1,6-7,10,17H2,2-3H3,(H,18,19). The molecule has 0 unspecified atom stereocenters. The SMILES string of the molecule is C=C(C)COCCNc1cc(C)nc2ccc(N)cc12. The van der Waals surface area contributed by atoms with Gasteiger partial charge in [-0.3, -0.25) is 4.98 Å². The van der Waals surface area contributed by atoms with E-state index in [1.165, 1.54) is 0 Å². The Labute approximate surface area is 119 Å². The fraction of sp³-hybridized carbons (Fsp3) is 0.312. The van der Waals surface area contributed by atoms with Gasteiger partial charge in [0.05, 0.1) is 18.7 Å². The molecular weight excluding hydrogens is 250 g/mol. The summed E-state index contributed by atoms with van der Waals surface area (Å²) in [6.07, 6.45) is 0.